The van der Waals surface area contributed by atoms with Gasteiger partial charge in [0, 0.05) is 30.8 Å². The van der Waals surface area contributed by atoms with Crippen LogP contribution < -0.4 is 10.9 Å². The van der Waals surface area contributed by atoms with Crippen LogP contribution in [0, 0.1) is 13.8 Å². The smallest absolute Gasteiger partial charge is 0.259 e. The highest BCUT2D eigenvalue weighted by atomic mass is 32.1. The summed E-state index contributed by atoms with van der Waals surface area (Å²) >= 11 is 1.47. The normalized spacial score (nSPS) is 12.8. The van der Waals surface area contributed by atoms with E-state index in [0.717, 1.165) is 17.2 Å². The maximum atomic E-state index is 12.2. The summed E-state index contributed by atoms with van der Waals surface area (Å²) in [6, 6.07) is 5.33. The number of thiazole rings is 1. The standard InChI is InChI=1S/C16H19N3O3S/c1-10-9-23-16-18-12(6-15(20)19(10)16)7-17-13(8-21-3)14-5-4-11(2)22-14/h4-6,9,13,17H,7-8H2,1-3H3/t13-/m1/s1. The van der Waals surface area contributed by atoms with E-state index in [1.807, 2.05) is 31.4 Å². The first kappa shape index (κ1) is 15.9. The zero-order valence-corrected chi connectivity index (χ0v) is 14.1. The van der Waals surface area contributed by atoms with Gasteiger partial charge in [-0.1, -0.05) is 0 Å². The van der Waals surface area contributed by atoms with Gasteiger partial charge >= 0.3 is 0 Å². The summed E-state index contributed by atoms with van der Waals surface area (Å²) in [7, 11) is 1.65. The molecule has 0 unspecified atom stereocenters. The molecule has 7 heteroatoms. The largest absolute Gasteiger partial charge is 0.465 e. The molecule has 0 aromatic carbocycles. The van der Waals surface area contributed by atoms with Crippen molar-refractivity contribution in [2.45, 2.75) is 26.4 Å². The first-order valence-electron chi connectivity index (χ1n) is 7.34. The molecule has 0 fully saturated rings. The van der Waals surface area contributed by atoms with E-state index >= 15 is 0 Å². The van der Waals surface area contributed by atoms with Gasteiger partial charge in [0.05, 0.1) is 18.3 Å². The van der Waals surface area contributed by atoms with E-state index in [4.69, 9.17) is 9.15 Å². The van der Waals surface area contributed by atoms with Gasteiger partial charge in [-0.15, -0.1) is 11.3 Å². The lowest BCUT2D eigenvalue weighted by Crippen LogP contribution is -2.26. The minimum atomic E-state index is -0.0842. The number of ether oxygens (including phenoxy) is 1. The van der Waals surface area contributed by atoms with Crippen molar-refractivity contribution in [3.8, 4) is 0 Å². The summed E-state index contributed by atoms with van der Waals surface area (Å²) in [6.45, 7) is 4.75. The van der Waals surface area contributed by atoms with E-state index in [-0.39, 0.29) is 11.6 Å². The van der Waals surface area contributed by atoms with Crippen molar-refractivity contribution in [3.63, 3.8) is 0 Å². The van der Waals surface area contributed by atoms with Gasteiger partial charge in [0.25, 0.3) is 5.56 Å². The van der Waals surface area contributed by atoms with Gasteiger partial charge in [-0.25, -0.2) is 4.98 Å². The van der Waals surface area contributed by atoms with Gasteiger partial charge in [0.2, 0.25) is 0 Å². The van der Waals surface area contributed by atoms with E-state index < -0.39 is 0 Å². The number of nitrogens with one attached hydrogen (secondary N) is 1. The van der Waals surface area contributed by atoms with Crippen molar-refractivity contribution in [1.29, 1.82) is 0 Å². The van der Waals surface area contributed by atoms with Crippen molar-refractivity contribution in [1.82, 2.24) is 14.7 Å². The second-order valence-electron chi connectivity index (χ2n) is 5.42. The van der Waals surface area contributed by atoms with Gasteiger partial charge in [0.15, 0.2) is 4.96 Å². The van der Waals surface area contributed by atoms with Crippen LogP contribution in [0.25, 0.3) is 4.96 Å². The third-order valence-electron chi connectivity index (χ3n) is 3.60. The molecule has 3 heterocycles. The highest BCUT2D eigenvalue weighted by molar-refractivity contribution is 7.15. The number of methoxy groups -OCH3 is 1. The molecule has 1 N–H and O–H groups in total. The fraction of sp³-hybridized carbons (Fsp3) is 0.375. The number of aromatic nitrogens is 2. The van der Waals surface area contributed by atoms with Crippen molar-refractivity contribution in [2.75, 3.05) is 13.7 Å². The van der Waals surface area contributed by atoms with E-state index in [2.05, 4.69) is 10.3 Å². The highest BCUT2D eigenvalue weighted by Gasteiger charge is 2.15. The first-order valence-corrected chi connectivity index (χ1v) is 8.22. The molecule has 0 aliphatic carbocycles. The maximum Gasteiger partial charge on any atom is 0.259 e. The van der Waals surface area contributed by atoms with Gasteiger partial charge in [0.1, 0.15) is 11.5 Å². The fourth-order valence-electron chi connectivity index (χ4n) is 2.47. The van der Waals surface area contributed by atoms with Crippen LogP contribution in [0.1, 0.15) is 29.0 Å². The van der Waals surface area contributed by atoms with Crippen LogP contribution in [0.5, 0.6) is 0 Å². The SMILES string of the molecule is COC[C@@H](NCc1cc(=O)n2c(C)csc2n1)c1ccc(C)o1. The number of rotatable bonds is 6. The van der Waals surface area contributed by atoms with Crippen molar-refractivity contribution in [3.05, 3.63) is 56.8 Å². The Morgan fingerprint density at radius 1 is 1.43 bits per heavy atom. The minimum absolute atomic E-state index is 0.0531. The third-order valence-corrected chi connectivity index (χ3v) is 4.54. The Labute approximate surface area is 137 Å². The average Bonchev–Trinajstić information content (AvgIpc) is 3.10. The topological polar surface area (TPSA) is 68.8 Å². The zero-order chi connectivity index (χ0) is 16.4. The summed E-state index contributed by atoms with van der Waals surface area (Å²) < 4.78 is 12.5. The van der Waals surface area contributed by atoms with Crippen LogP contribution >= 0.6 is 11.3 Å². The quantitative estimate of drug-likeness (QED) is 0.750. The predicted octanol–water partition coefficient (Wildman–Crippen LogP) is 2.44. The molecule has 0 aliphatic rings. The molecule has 0 saturated carbocycles. The fourth-order valence-corrected chi connectivity index (χ4v) is 3.36. The van der Waals surface area contributed by atoms with E-state index in [1.165, 1.54) is 11.3 Å². The van der Waals surface area contributed by atoms with Crippen molar-refractivity contribution in [2.24, 2.45) is 0 Å². The Kier molecular flexibility index (Phi) is 4.61. The first-order chi connectivity index (χ1) is 11.1. The van der Waals surface area contributed by atoms with Crippen molar-refractivity contribution >= 4 is 16.3 Å². The average molecular weight is 333 g/mol. The van der Waals surface area contributed by atoms with Crippen LogP contribution in [0.15, 0.2) is 32.8 Å². The molecular formula is C16H19N3O3S. The summed E-state index contributed by atoms with van der Waals surface area (Å²) in [6.07, 6.45) is 0. The molecule has 122 valence electrons. The molecule has 0 bridgehead atoms. The van der Waals surface area contributed by atoms with Gasteiger partial charge in [-0.2, -0.15) is 0 Å². The highest BCUT2D eigenvalue weighted by Crippen LogP contribution is 2.17. The Balaban J connectivity index is 1.79. The summed E-state index contributed by atoms with van der Waals surface area (Å²) in [4.78, 5) is 17.4. The molecular weight excluding hydrogens is 314 g/mol. The number of nitrogens with zero attached hydrogens (tertiary/aromatic N) is 2. The van der Waals surface area contributed by atoms with Crippen LogP contribution in [-0.2, 0) is 11.3 Å². The zero-order valence-electron chi connectivity index (χ0n) is 13.3. The lowest BCUT2D eigenvalue weighted by Gasteiger charge is -2.15. The summed E-state index contributed by atoms with van der Waals surface area (Å²) in [5, 5.41) is 5.27. The minimum Gasteiger partial charge on any atom is -0.465 e. The van der Waals surface area contributed by atoms with Crippen LogP contribution in [0.2, 0.25) is 0 Å². The molecule has 0 aliphatic heterocycles. The Morgan fingerprint density at radius 2 is 2.26 bits per heavy atom. The second kappa shape index (κ2) is 6.66. The second-order valence-corrected chi connectivity index (χ2v) is 6.25. The van der Waals surface area contributed by atoms with Crippen LogP contribution in [0.3, 0.4) is 0 Å². The molecule has 6 nitrogen and oxygen atoms in total. The van der Waals surface area contributed by atoms with Gasteiger partial charge in [-0.05, 0) is 26.0 Å². The predicted molar refractivity (Wildman–Crippen MR) is 89.0 cm³/mol. The molecule has 0 saturated heterocycles. The Bertz CT molecular complexity index is 865. The summed E-state index contributed by atoms with van der Waals surface area (Å²) in [5.41, 5.74) is 1.56. The summed E-state index contributed by atoms with van der Waals surface area (Å²) in [5.74, 6) is 1.67. The lowest BCUT2D eigenvalue weighted by molar-refractivity contribution is 0.156. The van der Waals surface area contributed by atoms with Crippen molar-refractivity contribution < 1.29 is 9.15 Å². The van der Waals surface area contributed by atoms with Gasteiger partial charge < -0.3 is 9.15 Å². The molecule has 0 radical (unpaired) electrons. The Morgan fingerprint density at radius 3 is 2.96 bits per heavy atom. The van der Waals surface area contributed by atoms with E-state index in [0.29, 0.717) is 23.8 Å². The number of hydrogen-bond donors (Lipinski definition) is 1. The molecule has 23 heavy (non-hydrogen) atoms. The molecule has 1 atom stereocenters. The number of furan rings is 1. The van der Waals surface area contributed by atoms with Crippen LogP contribution in [-0.4, -0.2) is 23.1 Å². The van der Waals surface area contributed by atoms with Crippen LogP contribution in [0.4, 0.5) is 0 Å². The monoisotopic (exact) mass is 333 g/mol. The molecule has 3 aromatic heterocycles. The third kappa shape index (κ3) is 3.36. The molecule has 0 amide bonds. The number of fused-ring (bicyclic) bond motifs is 1. The van der Waals surface area contributed by atoms with E-state index in [1.54, 1.807) is 17.6 Å². The molecule has 0 spiro atoms. The molecule has 3 rings (SSSR count). The molecule has 3 aromatic rings. The lowest BCUT2D eigenvalue weighted by atomic mass is 10.2. The van der Waals surface area contributed by atoms with E-state index in [9.17, 15) is 4.79 Å². The Hall–Kier alpha value is -1.96. The number of hydrogen-bond acceptors (Lipinski definition) is 6. The van der Waals surface area contributed by atoms with Gasteiger partial charge in [-0.3, -0.25) is 14.5 Å². The maximum absolute atomic E-state index is 12.2. The number of aryl methyl sites for hydroxylation is 2.